The van der Waals surface area contributed by atoms with Crippen LogP contribution in [-0.2, 0) is 15.8 Å². The predicted octanol–water partition coefficient (Wildman–Crippen LogP) is 1.85. The van der Waals surface area contributed by atoms with Crippen molar-refractivity contribution in [2.45, 2.75) is 52.2 Å². The number of methoxy groups -OCH3 is 2. The van der Waals surface area contributed by atoms with Gasteiger partial charge >= 0.3 is 13.5 Å². The highest BCUT2D eigenvalue weighted by Gasteiger charge is 2.35. The van der Waals surface area contributed by atoms with Gasteiger partial charge < -0.3 is 19.2 Å². The zero-order valence-electron chi connectivity index (χ0n) is 15.0. The van der Waals surface area contributed by atoms with Crippen LogP contribution in [0.5, 0.6) is 5.75 Å². The van der Waals surface area contributed by atoms with Crippen LogP contribution in [0.15, 0.2) is 12.1 Å². The number of hydrogen-bond acceptors (Lipinski definition) is 5. The summed E-state index contributed by atoms with van der Waals surface area (Å²) in [5.41, 5.74) is 0.216. The lowest BCUT2D eigenvalue weighted by Gasteiger charge is -2.37. The minimum atomic E-state index is -1.01. The Morgan fingerprint density at radius 1 is 1.22 bits per heavy atom. The van der Waals surface area contributed by atoms with Crippen molar-refractivity contribution >= 4 is 18.9 Å². The number of ether oxygens (including phenoxy) is 2. The fraction of sp³-hybridized carbons (Fsp3) is 0.588. The third-order valence-corrected chi connectivity index (χ3v) is 4.16. The summed E-state index contributed by atoms with van der Waals surface area (Å²) in [5, 5.41) is 10.1. The summed E-state index contributed by atoms with van der Waals surface area (Å²) in [6, 6.07) is 3.57. The Kier molecular flexibility index (Phi) is 6.25. The molecule has 0 aliphatic carbocycles. The molecule has 0 aliphatic heterocycles. The highest BCUT2D eigenvalue weighted by Crippen LogP contribution is 2.25. The number of carbonyl (C=O) groups is 1. The van der Waals surface area contributed by atoms with Gasteiger partial charge in [-0.1, -0.05) is 13.0 Å². The maximum absolute atomic E-state index is 12.0. The number of carbonyl (C=O) groups excluding carboxylic acids is 1. The van der Waals surface area contributed by atoms with Crippen LogP contribution in [-0.4, -0.2) is 44.0 Å². The van der Waals surface area contributed by atoms with Crippen LogP contribution in [0.1, 0.15) is 50.5 Å². The van der Waals surface area contributed by atoms with Gasteiger partial charge in [0, 0.05) is 0 Å². The van der Waals surface area contributed by atoms with E-state index in [1.165, 1.54) is 14.2 Å². The average molecular weight is 321 g/mol. The maximum Gasteiger partial charge on any atom is 0.341 e. The first kappa shape index (κ1) is 19.5. The van der Waals surface area contributed by atoms with Crippen molar-refractivity contribution in [3.63, 3.8) is 0 Å². The fourth-order valence-electron chi connectivity index (χ4n) is 1.90. The topological polar surface area (TPSA) is 65.0 Å². The fourth-order valence-corrected chi connectivity index (χ4v) is 1.90. The molecule has 1 aromatic rings. The van der Waals surface area contributed by atoms with Gasteiger partial charge in [-0.25, -0.2) is 4.79 Å². The van der Waals surface area contributed by atoms with Crippen LogP contribution in [0.3, 0.4) is 0 Å². The first-order valence-corrected chi connectivity index (χ1v) is 7.60. The zero-order chi connectivity index (χ0) is 17.8. The van der Waals surface area contributed by atoms with Gasteiger partial charge in [0.15, 0.2) is 0 Å². The molecule has 1 aromatic carbocycles. The largest absolute Gasteiger partial charge is 0.496 e. The molecule has 1 radical (unpaired) electrons. The Balaban J connectivity index is 3.13. The van der Waals surface area contributed by atoms with Gasteiger partial charge in [-0.2, -0.15) is 0 Å². The standard InChI is InChI=1S/C17H26BO5/c1-8-11-9-12(18-23-17(4,5)16(2,3)20)10-13(21-6)14(11)15(19)22-7/h9-10,20H,8H2,1-7H3. The molecule has 0 aliphatic rings. The molecule has 0 saturated heterocycles. The SMILES string of the molecule is CCc1cc([B]OC(C)(C)C(C)(C)O)cc(OC)c1C(=O)OC. The number of benzene rings is 1. The van der Waals surface area contributed by atoms with E-state index < -0.39 is 17.2 Å². The summed E-state index contributed by atoms with van der Waals surface area (Å²) in [6.45, 7) is 8.96. The molecule has 0 bridgehead atoms. The van der Waals surface area contributed by atoms with Crippen LogP contribution < -0.4 is 10.2 Å². The molecule has 127 valence electrons. The zero-order valence-corrected chi connectivity index (χ0v) is 15.0. The molecule has 0 fully saturated rings. The molecule has 1 N–H and O–H groups in total. The van der Waals surface area contributed by atoms with Crippen molar-refractivity contribution in [1.82, 2.24) is 0 Å². The lowest BCUT2D eigenvalue weighted by Crippen LogP contribution is -2.49. The van der Waals surface area contributed by atoms with Gasteiger partial charge in [0.05, 0.1) is 25.4 Å². The molecule has 0 heterocycles. The Hall–Kier alpha value is -1.53. The van der Waals surface area contributed by atoms with Crippen LogP contribution >= 0.6 is 0 Å². The van der Waals surface area contributed by atoms with Crippen molar-refractivity contribution in [3.05, 3.63) is 23.3 Å². The Morgan fingerprint density at radius 2 is 1.83 bits per heavy atom. The van der Waals surface area contributed by atoms with Gasteiger partial charge in [0.2, 0.25) is 0 Å². The maximum atomic E-state index is 12.0. The third-order valence-electron chi connectivity index (χ3n) is 4.16. The smallest absolute Gasteiger partial charge is 0.341 e. The highest BCUT2D eigenvalue weighted by atomic mass is 16.5. The minimum Gasteiger partial charge on any atom is -0.496 e. The first-order valence-electron chi connectivity index (χ1n) is 7.60. The van der Waals surface area contributed by atoms with E-state index in [4.69, 9.17) is 14.1 Å². The normalized spacial score (nSPS) is 12.0. The summed E-state index contributed by atoms with van der Waals surface area (Å²) in [6.07, 6.45) is 0.650. The second-order valence-electron chi connectivity index (χ2n) is 6.41. The monoisotopic (exact) mass is 321 g/mol. The number of rotatable bonds is 7. The van der Waals surface area contributed by atoms with Gasteiger partial charge in [-0.3, -0.25) is 0 Å². The number of hydrogen-bond donors (Lipinski definition) is 1. The molecule has 5 nitrogen and oxygen atoms in total. The third kappa shape index (κ3) is 4.48. The van der Waals surface area contributed by atoms with Crippen LogP contribution in [0.25, 0.3) is 0 Å². The highest BCUT2D eigenvalue weighted by molar-refractivity contribution is 6.47. The molecule has 1 rings (SSSR count). The first-order chi connectivity index (χ1) is 10.6. The molecule has 0 spiro atoms. The van der Waals surface area contributed by atoms with Gasteiger partial charge in [-0.05, 0) is 51.2 Å². The Labute approximate surface area is 139 Å². The van der Waals surface area contributed by atoms with E-state index in [1.54, 1.807) is 27.4 Å². The second-order valence-corrected chi connectivity index (χ2v) is 6.41. The van der Waals surface area contributed by atoms with Gasteiger partial charge in [0.1, 0.15) is 11.3 Å². The van der Waals surface area contributed by atoms with Crippen LogP contribution in [0.4, 0.5) is 0 Å². The van der Waals surface area contributed by atoms with Gasteiger partial charge in [-0.15, -0.1) is 0 Å². The molecule has 23 heavy (non-hydrogen) atoms. The summed E-state index contributed by atoms with van der Waals surface area (Å²) in [4.78, 5) is 12.0. The molecular weight excluding hydrogens is 295 g/mol. The molecule has 0 atom stereocenters. The average Bonchev–Trinajstić information content (AvgIpc) is 2.49. The number of aryl methyl sites for hydroxylation is 1. The lowest BCUT2D eigenvalue weighted by molar-refractivity contribution is -0.0893. The lowest BCUT2D eigenvalue weighted by atomic mass is 9.81. The summed E-state index contributed by atoms with van der Waals surface area (Å²) in [7, 11) is 4.42. The summed E-state index contributed by atoms with van der Waals surface area (Å²) >= 11 is 0. The van der Waals surface area contributed by atoms with Gasteiger partial charge in [0.25, 0.3) is 0 Å². The quantitative estimate of drug-likeness (QED) is 0.613. The molecular formula is C17H26BO5. The summed E-state index contributed by atoms with van der Waals surface area (Å²) < 4.78 is 15.9. The van der Waals surface area contributed by atoms with E-state index in [2.05, 4.69) is 0 Å². The predicted molar refractivity (Wildman–Crippen MR) is 90.6 cm³/mol. The van der Waals surface area contributed by atoms with Crippen molar-refractivity contribution < 1.29 is 24.0 Å². The Bertz CT molecular complexity index is 536. The van der Waals surface area contributed by atoms with E-state index in [0.717, 1.165) is 11.0 Å². The Morgan fingerprint density at radius 3 is 2.26 bits per heavy atom. The molecule has 0 saturated carbocycles. The van der Waals surface area contributed by atoms with E-state index in [0.29, 0.717) is 17.7 Å². The molecule has 6 heteroatoms. The number of aliphatic hydroxyl groups is 1. The molecule has 0 unspecified atom stereocenters. The second kappa shape index (κ2) is 7.36. The minimum absolute atomic E-state index is 0.427. The molecule has 0 aromatic heterocycles. The summed E-state index contributed by atoms with van der Waals surface area (Å²) in [5.74, 6) is 0.00936. The molecule has 0 amide bonds. The van der Waals surface area contributed by atoms with Crippen molar-refractivity contribution in [2.24, 2.45) is 0 Å². The van der Waals surface area contributed by atoms with E-state index in [9.17, 15) is 9.90 Å². The van der Waals surface area contributed by atoms with Crippen molar-refractivity contribution in [1.29, 1.82) is 0 Å². The van der Waals surface area contributed by atoms with Crippen molar-refractivity contribution in [2.75, 3.05) is 14.2 Å². The van der Waals surface area contributed by atoms with Crippen LogP contribution in [0, 0.1) is 0 Å². The number of esters is 1. The van der Waals surface area contributed by atoms with E-state index >= 15 is 0 Å². The van der Waals surface area contributed by atoms with Crippen molar-refractivity contribution in [3.8, 4) is 5.75 Å². The van der Waals surface area contributed by atoms with E-state index in [-0.39, 0.29) is 0 Å². The van der Waals surface area contributed by atoms with Crippen LogP contribution in [0.2, 0.25) is 0 Å². The van der Waals surface area contributed by atoms with E-state index in [1.807, 2.05) is 26.8 Å².